The first-order chi connectivity index (χ1) is 6.73. The molecule has 0 aliphatic heterocycles. The van der Waals surface area contributed by atoms with Crippen molar-refractivity contribution in [2.75, 3.05) is 0 Å². The van der Waals surface area contributed by atoms with Crippen LogP contribution in [0.15, 0.2) is 17.0 Å². The van der Waals surface area contributed by atoms with Crippen LogP contribution in [0.3, 0.4) is 0 Å². The lowest BCUT2D eigenvalue weighted by Crippen LogP contribution is -2.06. The zero-order valence-electron chi connectivity index (χ0n) is 7.49. The molecule has 0 unspecified atom stereocenters. The number of rotatable bonds is 2. The Morgan fingerprint density at radius 1 is 1.47 bits per heavy atom. The number of halogens is 2. The fourth-order valence-corrected chi connectivity index (χ4v) is 2.07. The summed E-state index contributed by atoms with van der Waals surface area (Å²) >= 11 is 0. The standard InChI is InChI=1S/C8H6ClFO4S/c1-4-2-5(8(11)12)7(3-6(4)10)15(9,13)14/h2-3H,1H3,(H,11,12). The highest BCUT2D eigenvalue weighted by Crippen LogP contribution is 2.23. The molecule has 0 heterocycles. The monoisotopic (exact) mass is 252 g/mol. The van der Waals surface area contributed by atoms with Gasteiger partial charge in [-0.3, -0.25) is 0 Å². The third-order valence-electron chi connectivity index (χ3n) is 1.75. The molecule has 1 aromatic rings. The zero-order valence-corrected chi connectivity index (χ0v) is 9.06. The Hall–Kier alpha value is -1.14. The van der Waals surface area contributed by atoms with E-state index in [9.17, 15) is 17.6 Å². The number of benzene rings is 1. The second-order valence-corrected chi connectivity index (χ2v) is 5.37. The summed E-state index contributed by atoms with van der Waals surface area (Å²) in [6.07, 6.45) is 0. The molecule has 4 nitrogen and oxygen atoms in total. The summed E-state index contributed by atoms with van der Waals surface area (Å²) in [5, 5.41) is 8.70. The lowest BCUT2D eigenvalue weighted by molar-refractivity contribution is 0.0692. The summed E-state index contributed by atoms with van der Waals surface area (Å²) in [7, 11) is 0.708. The van der Waals surface area contributed by atoms with Crippen LogP contribution in [0.5, 0.6) is 0 Å². The van der Waals surface area contributed by atoms with Crippen LogP contribution in [0.4, 0.5) is 4.39 Å². The number of aryl methyl sites for hydroxylation is 1. The Bertz CT molecular complexity index is 524. The van der Waals surface area contributed by atoms with E-state index in [0.29, 0.717) is 6.07 Å². The molecule has 1 rings (SSSR count). The first-order valence-electron chi connectivity index (χ1n) is 3.71. The zero-order chi connectivity index (χ0) is 11.8. The van der Waals surface area contributed by atoms with Gasteiger partial charge in [-0.15, -0.1) is 0 Å². The van der Waals surface area contributed by atoms with Gasteiger partial charge in [0.15, 0.2) is 0 Å². The Balaban J connectivity index is 3.64. The number of aromatic carboxylic acids is 1. The number of carboxylic acid groups (broad SMARTS) is 1. The lowest BCUT2D eigenvalue weighted by Gasteiger charge is -2.04. The average molecular weight is 253 g/mol. The minimum atomic E-state index is -4.27. The molecule has 0 fully saturated rings. The van der Waals surface area contributed by atoms with Crippen LogP contribution in [0.25, 0.3) is 0 Å². The number of hydrogen-bond donors (Lipinski definition) is 1. The molecule has 0 aliphatic carbocycles. The van der Waals surface area contributed by atoms with Gasteiger partial charge in [-0.2, -0.15) is 0 Å². The van der Waals surface area contributed by atoms with E-state index in [-0.39, 0.29) is 5.56 Å². The number of hydrogen-bond acceptors (Lipinski definition) is 3. The molecule has 15 heavy (non-hydrogen) atoms. The molecule has 0 aliphatic rings. The first-order valence-corrected chi connectivity index (χ1v) is 6.02. The minimum Gasteiger partial charge on any atom is -0.478 e. The second-order valence-electron chi connectivity index (χ2n) is 2.84. The predicted molar refractivity (Wildman–Crippen MR) is 51.1 cm³/mol. The predicted octanol–water partition coefficient (Wildman–Crippen LogP) is 1.76. The SMILES string of the molecule is Cc1cc(C(=O)O)c(S(=O)(=O)Cl)cc1F. The normalized spacial score (nSPS) is 11.4. The van der Waals surface area contributed by atoms with Gasteiger partial charge in [0.2, 0.25) is 0 Å². The maximum atomic E-state index is 13.0. The average Bonchev–Trinajstić information content (AvgIpc) is 2.06. The molecule has 0 atom stereocenters. The van der Waals surface area contributed by atoms with Gasteiger partial charge in [0.05, 0.1) is 10.5 Å². The van der Waals surface area contributed by atoms with Gasteiger partial charge >= 0.3 is 5.97 Å². The molecule has 0 radical (unpaired) electrons. The molecule has 7 heteroatoms. The van der Waals surface area contributed by atoms with Gasteiger partial charge < -0.3 is 5.11 Å². The molecule has 82 valence electrons. The maximum absolute atomic E-state index is 13.0. The molecule has 0 aromatic heterocycles. The highest BCUT2D eigenvalue weighted by atomic mass is 35.7. The van der Waals surface area contributed by atoms with Crippen molar-refractivity contribution in [1.82, 2.24) is 0 Å². The van der Waals surface area contributed by atoms with E-state index in [0.717, 1.165) is 6.07 Å². The van der Waals surface area contributed by atoms with Crippen LogP contribution in [-0.4, -0.2) is 19.5 Å². The summed E-state index contributed by atoms with van der Waals surface area (Å²) in [4.78, 5) is 9.95. The van der Waals surface area contributed by atoms with Crippen molar-refractivity contribution >= 4 is 25.7 Å². The van der Waals surface area contributed by atoms with Gasteiger partial charge in [-0.25, -0.2) is 17.6 Å². The van der Waals surface area contributed by atoms with Crippen LogP contribution in [0.1, 0.15) is 15.9 Å². The Labute approximate surface area is 89.7 Å². The molecular formula is C8H6ClFO4S. The van der Waals surface area contributed by atoms with Crippen molar-refractivity contribution in [1.29, 1.82) is 0 Å². The van der Waals surface area contributed by atoms with Crippen LogP contribution < -0.4 is 0 Å². The van der Waals surface area contributed by atoms with Crippen LogP contribution in [0, 0.1) is 12.7 Å². The largest absolute Gasteiger partial charge is 0.478 e. The minimum absolute atomic E-state index is 0.0384. The topological polar surface area (TPSA) is 71.4 Å². The Kier molecular flexibility index (Phi) is 3.01. The summed E-state index contributed by atoms with van der Waals surface area (Å²) in [6.45, 7) is 1.33. The molecule has 0 amide bonds. The molecule has 0 saturated carbocycles. The number of carbonyl (C=O) groups is 1. The molecule has 1 aromatic carbocycles. The summed E-state index contributed by atoms with van der Waals surface area (Å²) in [6, 6.07) is 1.52. The van der Waals surface area contributed by atoms with E-state index in [1.807, 2.05) is 0 Å². The van der Waals surface area contributed by atoms with E-state index < -0.39 is 31.3 Å². The molecule has 0 bridgehead atoms. The molecular weight excluding hydrogens is 247 g/mol. The molecule has 0 saturated heterocycles. The van der Waals surface area contributed by atoms with Crippen LogP contribution in [-0.2, 0) is 9.05 Å². The molecule has 1 N–H and O–H groups in total. The number of carboxylic acids is 1. The highest BCUT2D eigenvalue weighted by molar-refractivity contribution is 8.13. The van der Waals surface area contributed by atoms with Gasteiger partial charge in [-0.1, -0.05) is 0 Å². The summed E-state index contributed by atoms with van der Waals surface area (Å²) in [5.41, 5.74) is -0.500. The Morgan fingerprint density at radius 3 is 2.40 bits per heavy atom. The maximum Gasteiger partial charge on any atom is 0.337 e. The van der Waals surface area contributed by atoms with E-state index in [1.165, 1.54) is 6.92 Å². The fraction of sp³-hybridized carbons (Fsp3) is 0.125. The van der Waals surface area contributed by atoms with Crippen molar-refractivity contribution < 1.29 is 22.7 Å². The van der Waals surface area contributed by atoms with Crippen molar-refractivity contribution in [3.63, 3.8) is 0 Å². The second kappa shape index (κ2) is 3.79. The van der Waals surface area contributed by atoms with E-state index in [2.05, 4.69) is 0 Å². The van der Waals surface area contributed by atoms with Gasteiger partial charge in [0, 0.05) is 10.7 Å². The molecule has 0 spiro atoms. The van der Waals surface area contributed by atoms with E-state index in [1.54, 1.807) is 0 Å². The third-order valence-corrected chi connectivity index (χ3v) is 3.12. The van der Waals surface area contributed by atoms with Crippen LogP contribution in [0.2, 0.25) is 0 Å². The Morgan fingerprint density at radius 2 is 2.00 bits per heavy atom. The van der Waals surface area contributed by atoms with E-state index >= 15 is 0 Å². The first kappa shape index (κ1) is 11.9. The van der Waals surface area contributed by atoms with Crippen molar-refractivity contribution in [2.45, 2.75) is 11.8 Å². The quantitative estimate of drug-likeness (QED) is 0.814. The van der Waals surface area contributed by atoms with Gasteiger partial charge in [0.25, 0.3) is 9.05 Å². The van der Waals surface area contributed by atoms with E-state index in [4.69, 9.17) is 15.8 Å². The van der Waals surface area contributed by atoms with Crippen molar-refractivity contribution in [2.24, 2.45) is 0 Å². The van der Waals surface area contributed by atoms with Gasteiger partial charge in [-0.05, 0) is 24.6 Å². The van der Waals surface area contributed by atoms with Crippen molar-refractivity contribution in [3.05, 3.63) is 29.1 Å². The summed E-state index contributed by atoms with van der Waals surface area (Å²) in [5.74, 6) is -2.29. The summed E-state index contributed by atoms with van der Waals surface area (Å²) < 4.78 is 35.0. The van der Waals surface area contributed by atoms with Crippen LogP contribution >= 0.6 is 10.7 Å². The fourth-order valence-electron chi connectivity index (χ4n) is 1.03. The third kappa shape index (κ3) is 2.45. The highest BCUT2D eigenvalue weighted by Gasteiger charge is 2.22. The van der Waals surface area contributed by atoms with Gasteiger partial charge in [0.1, 0.15) is 5.82 Å². The lowest BCUT2D eigenvalue weighted by atomic mass is 10.1. The smallest absolute Gasteiger partial charge is 0.337 e. The van der Waals surface area contributed by atoms with Crippen molar-refractivity contribution in [3.8, 4) is 0 Å².